The van der Waals surface area contributed by atoms with Crippen LogP contribution in [0.2, 0.25) is 0 Å². The van der Waals surface area contributed by atoms with E-state index in [4.69, 9.17) is 0 Å². The molecule has 4 heteroatoms. The van der Waals surface area contributed by atoms with Gasteiger partial charge in [-0.25, -0.2) is 0 Å². The maximum absolute atomic E-state index is 14.8. The van der Waals surface area contributed by atoms with Gasteiger partial charge in [0.1, 0.15) is 0 Å². The van der Waals surface area contributed by atoms with Crippen LogP contribution in [0.5, 0.6) is 0 Å². The Hall–Kier alpha value is -0.540. The molecule has 152 valence electrons. The van der Waals surface area contributed by atoms with Gasteiger partial charge in [0.2, 0.25) is 0 Å². The molecular formula is C22H36F4. The second-order valence-electron chi connectivity index (χ2n) is 8.62. The highest BCUT2D eigenvalue weighted by Crippen LogP contribution is 2.53. The molecule has 2 saturated carbocycles. The third kappa shape index (κ3) is 5.04. The third-order valence-corrected chi connectivity index (χ3v) is 6.84. The lowest BCUT2D eigenvalue weighted by atomic mass is 9.71. The number of hydrogen-bond acceptors (Lipinski definition) is 0. The molecule has 2 aliphatic carbocycles. The molecule has 2 fully saturated rings. The van der Waals surface area contributed by atoms with E-state index in [0.29, 0.717) is 37.5 Å². The molecule has 0 N–H and O–H groups in total. The minimum atomic E-state index is -3.86. The zero-order chi connectivity index (χ0) is 19.2. The maximum atomic E-state index is 14.8. The van der Waals surface area contributed by atoms with Crippen LogP contribution >= 0.6 is 0 Å². The quantitative estimate of drug-likeness (QED) is 0.297. The predicted octanol–water partition coefficient (Wildman–Crippen LogP) is 8.03. The highest BCUT2D eigenvalue weighted by atomic mass is 19.3. The molecule has 0 unspecified atom stereocenters. The lowest BCUT2D eigenvalue weighted by molar-refractivity contribution is -0.270. The zero-order valence-electron chi connectivity index (χ0n) is 16.5. The Kier molecular flexibility index (Phi) is 8.03. The molecule has 0 bridgehead atoms. The van der Waals surface area contributed by atoms with E-state index in [1.54, 1.807) is 0 Å². The fourth-order valence-corrected chi connectivity index (χ4v) is 5.08. The number of rotatable bonds is 8. The van der Waals surface area contributed by atoms with Gasteiger partial charge < -0.3 is 0 Å². The summed E-state index contributed by atoms with van der Waals surface area (Å²) in [6.07, 6.45) is 11.8. The lowest BCUT2D eigenvalue weighted by Crippen LogP contribution is -2.52. The van der Waals surface area contributed by atoms with Crippen molar-refractivity contribution in [3.63, 3.8) is 0 Å². The van der Waals surface area contributed by atoms with Crippen molar-refractivity contribution >= 4 is 0 Å². The van der Waals surface area contributed by atoms with Crippen LogP contribution < -0.4 is 0 Å². The highest BCUT2D eigenvalue weighted by molar-refractivity contribution is 4.98. The van der Waals surface area contributed by atoms with E-state index in [2.05, 4.69) is 13.0 Å². The zero-order valence-corrected chi connectivity index (χ0v) is 16.5. The SMILES string of the molecule is C/C=C/CCC1CCC(C(F)(F)C(F)(F)C2CCC(CCC)CC2)CC1. The minimum absolute atomic E-state index is 0.244. The van der Waals surface area contributed by atoms with Gasteiger partial charge in [-0.3, -0.25) is 0 Å². The Morgan fingerprint density at radius 1 is 0.731 bits per heavy atom. The summed E-state index contributed by atoms with van der Waals surface area (Å²) in [6, 6.07) is 0. The van der Waals surface area contributed by atoms with Crippen LogP contribution in [0.25, 0.3) is 0 Å². The first-order valence-electron chi connectivity index (χ1n) is 10.7. The van der Waals surface area contributed by atoms with Gasteiger partial charge in [0.25, 0.3) is 0 Å². The van der Waals surface area contributed by atoms with Crippen molar-refractivity contribution in [2.24, 2.45) is 23.7 Å². The molecule has 2 rings (SSSR count). The van der Waals surface area contributed by atoms with Crippen LogP contribution in [0.1, 0.15) is 90.9 Å². The second kappa shape index (κ2) is 9.59. The standard InChI is InChI=1S/C22H36F4/c1-3-5-6-8-18-11-15-20(16-12-18)22(25,26)21(23,24)19-13-9-17(7-4-2)10-14-19/h3,5,17-20H,4,6-16H2,1-2H3/b5-3+. The van der Waals surface area contributed by atoms with Gasteiger partial charge in [-0.2, -0.15) is 17.6 Å². The molecule has 0 spiro atoms. The fourth-order valence-electron chi connectivity index (χ4n) is 5.08. The molecule has 0 saturated heterocycles. The van der Waals surface area contributed by atoms with Crippen molar-refractivity contribution < 1.29 is 17.6 Å². The Morgan fingerprint density at radius 3 is 1.54 bits per heavy atom. The summed E-state index contributed by atoms with van der Waals surface area (Å²) in [6.45, 7) is 4.05. The molecule has 0 heterocycles. The van der Waals surface area contributed by atoms with Gasteiger partial charge in [0.15, 0.2) is 0 Å². The Bertz CT molecular complexity index is 427. The molecule has 0 atom stereocenters. The average molecular weight is 377 g/mol. The topological polar surface area (TPSA) is 0 Å². The number of hydrogen-bond donors (Lipinski definition) is 0. The summed E-state index contributed by atoms with van der Waals surface area (Å²) in [5, 5.41) is 0. The Balaban J connectivity index is 1.89. The van der Waals surface area contributed by atoms with E-state index < -0.39 is 23.7 Å². The molecule has 0 aromatic carbocycles. The van der Waals surface area contributed by atoms with E-state index in [0.717, 1.165) is 25.7 Å². The van der Waals surface area contributed by atoms with Crippen molar-refractivity contribution in [3.05, 3.63) is 12.2 Å². The third-order valence-electron chi connectivity index (χ3n) is 6.84. The van der Waals surface area contributed by atoms with Crippen molar-refractivity contribution in [1.82, 2.24) is 0 Å². The van der Waals surface area contributed by atoms with Crippen molar-refractivity contribution in [1.29, 1.82) is 0 Å². The first-order valence-corrected chi connectivity index (χ1v) is 10.7. The van der Waals surface area contributed by atoms with E-state index in [-0.39, 0.29) is 25.7 Å². The predicted molar refractivity (Wildman–Crippen MR) is 99.7 cm³/mol. The van der Waals surface area contributed by atoms with E-state index in [1.165, 1.54) is 0 Å². The number of allylic oxidation sites excluding steroid dienone is 2. The number of halogens is 4. The minimum Gasteiger partial charge on any atom is -0.200 e. The van der Waals surface area contributed by atoms with E-state index >= 15 is 0 Å². The second-order valence-corrected chi connectivity index (χ2v) is 8.62. The van der Waals surface area contributed by atoms with Gasteiger partial charge >= 0.3 is 11.8 Å². The average Bonchev–Trinajstić information content (AvgIpc) is 2.63. The van der Waals surface area contributed by atoms with Crippen LogP contribution in [0.15, 0.2) is 12.2 Å². The van der Waals surface area contributed by atoms with Crippen LogP contribution in [0, 0.1) is 23.7 Å². The largest absolute Gasteiger partial charge is 0.313 e. The molecular weight excluding hydrogens is 340 g/mol. The Morgan fingerprint density at radius 2 is 1.15 bits per heavy atom. The van der Waals surface area contributed by atoms with Crippen molar-refractivity contribution in [2.45, 2.75) is 103 Å². The summed E-state index contributed by atoms with van der Waals surface area (Å²) < 4.78 is 59.1. The number of alkyl halides is 4. The van der Waals surface area contributed by atoms with Crippen LogP contribution in [-0.2, 0) is 0 Å². The summed E-state index contributed by atoms with van der Waals surface area (Å²) in [7, 11) is 0. The first-order chi connectivity index (χ1) is 12.3. The van der Waals surface area contributed by atoms with Crippen LogP contribution in [-0.4, -0.2) is 11.8 Å². The summed E-state index contributed by atoms with van der Waals surface area (Å²) in [5.74, 6) is -9.14. The smallest absolute Gasteiger partial charge is 0.200 e. The summed E-state index contributed by atoms with van der Waals surface area (Å²) in [5.41, 5.74) is 0. The molecule has 26 heavy (non-hydrogen) atoms. The molecule has 0 nitrogen and oxygen atoms in total. The molecule has 0 aromatic heterocycles. The molecule has 2 aliphatic rings. The maximum Gasteiger partial charge on any atom is 0.313 e. The Labute approximate surface area is 156 Å². The van der Waals surface area contributed by atoms with Gasteiger partial charge in [0, 0.05) is 11.8 Å². The van der Waals surface area contributed by atoms with Crippen LogP contribution in [0.4, 0.5) is 17.6 Å². The summed E-state index contributed by atoms with van der Waals surface area (Å²) >= 11 is 0. The van der Waals surface area contributed by atoms with Gasteiger partial charge in [-0.1, -0.05) is 31.9 Å². The van der Waals surface area contributed by atoms with Gasteiger partial charge in [-0.05, 0) is 83.0 Å². The van der Waals surface area contributed by atoms with Gasteiger partial charge in [0.05, 0.1) is 0 Å². The van der Waals surface area contributed by atoms with E-state index in [9.17, 15) is 17.6 Å². The molecule has 0 aliphatic heterocycles. The van der Waals surface area contributed by atoms with Crippen LogP contribution in [0.3, 0.4) is 0 Å². The first kappa shape index (κ1) is 21.8. The summed E-state index contributed by atoms with van der Waals surface area (Å²) in [4.78, 5) is 0. The molecule has 0 amide bonds. The molecule has 0 radical (unpaired) electrons. The lowest BCUT2D eigenvalue weighted by Gasteiger charge is -2.42. The fraction of sp³-hybridized carbons (Fsp3) is 0.909. The van der Waals surface area contributed by atoms with Crippen molar-refractivity contribution in [3.8, 4) is 0 Å². The van der Waals surface area contributed by atoms with E-state index in [1.807, 2.05) is 13.0 Å². The normalized spacial score (nSPS) is 31.5. The molecule has 0 aromatic rings. The van der Waals surface area contributed by atoms with Crippen molar-refractivity contribution in [2.75, 3.05) is 0 Å². The highest BCUT2D eigenvalue weighted by Gasteiger charge is 2.64. The van der Waals surface area contributed by atoms with Gasteiger partial charge in [-0.15, -0.1) is 0 Å². The monoisotopic (exact) mass is 376 g/mol.